The van der Waals surface area contributed by atoms with Crippen molar-refractivity contribution >= 4 is 16.6 Å². The van der Waals surface area contributed by atoms with Gasteiger partial charge >= 0.3 is 0 Å². The lowest BCUT2D eigenvalue weighted by atomic mass is 9.79. The molecule has 2 heterocycles. The fraction of sp³-hybridized carbons (Fsp3) is 0.933. The third-order valence-corrected chi connectivity index (χ3v) is 18.8. The van der Waals surface area contributed by atoms with Crippen LogP contribution in [0.4, 0.5) is 0 Å². The molecule has 1 spiro atoms. The van der Waals surface area contributed by atoms with E-state index < -0.39 is 28.0 Å². The normalized spacial score (nSPS) is 32.5. The van der Waals surface area contributed by atoms with E-state index in [0.717, 1.165) is 58.0 Å². The van der Waals surface area contributed by atoms with Gasteiger partial charge in [0.05, 0.1) is 11.7 Å². The summed E-state index contributed by atoms with van der Waals surface area (Å²) < 4.78 is 27.3. The van der Waals surface area contributed by atoms with Crippen molar-refractivity contribution in [3.63, 3.8) is 0 Å². The van der Waals surface area contributed by atoms with Gasteiger partial charge in [-0.2, -0.15) is 0 Å². The molecule has 2 aliphatic rings. The summed E-state index contributed by atoms with van der Waals surface area (Å²) in [7, 11) is -3.81. The molecule has 0 aromatic heterocycles. The summed E-state index contributed by atoms with van der Waals surface area (Å²) in [4.78, 5) is 0. The summed E-state index contributed by atoms with van der Waals surface area (Å²) in [5.41, 5.74) is -0.424. The largest absolute Gasteiger partial charge is 0.417 e. The first kappa shape index (κ1) is 32.0. The van der Waals surface area contributed by atoms with Gasteiger partial charge < -0.3 is 18.3 Å². The van der Waals surface area contributed by atoms with Gasteiger partial charge in [-0.15, -0.1) is 6.42 Å². The maximum Gasteiger partial charge on any atom is 0.193 e. The van der Waals surface area contributed by atoms with E-state index in [1.807, 2.05) is 0 Å². The van der Waals surface area contributed by atoms with Crippen molar-refractivity contribution in [1.29, 1.82) is 0 Å². The Labute approximate surface area is 226 Å². The first-order chi connectivity index (χ1) is 16.3. The molecule has 0 aromatic carbocycles. The summed E-state index contributed by atoms with van der Waals surface area (Å²) in [6.45, 7) is 28.3. The zero-order chi connectivity index (χ0) is 27.6. The van der Waals surface area contributed by atoms with Crippen LogP contribution >= 0.6 is 0 Å². The van der Waals surface area contributed by atoms with Crippen LogP contribution in [-0.4, -0.2) is 46.8 Å². The summed E-state index contributed by atoms with van der Waals surface area (Å²) in [6.07, 6.45) is 13.7. The monoisotopic (exact) mass is 538 g/mol. The second-order valence-electron chi connectivity index (χ2n) is 14.7. The highest BCUT2D eigenvalue weighted by molar-refractivity contribution is 6.74. The van der Waals surface area contributed by atoms with Gasteiger partial charge in [0, 0.05) is 19.4 Å². The number of terminal acetylenes is 1. The zero-order valence-corrected chi connectivity index (χ0v) is 27.8. The Hall–Kier alpha value is -0.166. The van der Waals surface area contributed by atoms with Crippen molar-refractivity contribution < 1.29 is 18.3 Å². The lowest BCUT2D eigenvalue weighted by Gasteiger charge is -2.55. The molecule has 4 nitrogen and oxygen atoms in total. The quantitative estimate of drug-likeness (QED) is 0.217. The van der Waals surface area contributed by atoms with Crippen LogP contribution in [0, 0.1) is 18.3 Å². The summed E-state index contributed by atoms with van der Waals surface area (Å²) in [5.74, 6) is 2.92. The minimum absolute atomic E-state index is 0.118. The molecule has 0 bridgehead atoms. The van der Waals surface area contributed by atoms with E-state index in [2.05, 4.69) is 87.5 Å². The predicted octanol–water partition coefficient (Wildman–Crippen LogP) is 8.67. The summed E-state index contributed by atoms with van der Waals surface area (Å²) in [6, 6.07) is 0. The lowest BCUT2D eigenvalue weighted by Crippen LogP contribution is -2.62. The van der Waals surface area contributed by atoms with Crippen LogP contribution in [0.1, 0.15) is 107 Å². The van der Waals surface area contributed by atoms with Crippen LogP contribution in [0.15, 0.2) is 0 Å². The van der Waals surface area contributed by atoms with Crippen molar-refractivity contribution in [1.82, 2.24) is 0 Å². The van der Waals surface area contributed by atoms with Crippen LogP contribution in [0.25, 0.3) is 0 Å². The SMILES string of the molecule is C#C[C@@H]1O[C@@]2(CC[C@H](C)[C@@H](CCO[Si](C)(C)C(C)(C)C)O2)CC[C@]1(CCCC)O[Si](C)(C)C(C)(C)C. The molecular formula is C30H58O4Si2. The minimum atomic E-state index is -2.04. The fourth-order valence-corrected chi connectivity index (χ4v) is 7.69. The molecule has 2 rings (SSSR count). The smallest absolute Gasteiger partial charge is 0.193 e. The van der Waals surface area contributed by atoms with Gasteiger partial charge in [0.15, 0.2) is 22.4 Å². The van der Waals surface area contributed by atoms with Gasteiger partial charge in [-0.1, -0.05) is 74.2 Å². The highest BCUT2D eigenvalue weighted by atomic mass is 28.4. The molecule has 0 aliphatic carbocycles. The van der Waals surface area contributed by atoms with Crippen LogP contribution in [0.3, 0.4) is 0 Å². The van der Waals surface area contributed by atoms with Crippen molar-refractivity contribution in [3.8, 4) is 12.3 Å². The molecule has 0 saturated carbocycles. The molecule has 0 N–H and O–H groups in total. The molecule has 0 unspecified atom stereocenters. The van der Waals surface area contributed by atoms with Gasteiger partial charge in [-0.05, 0) is 67.9 Å². The fourth-order valence-electron chi connectivity index (χ4n) is 4.99. The van der Waals surface area contributed by atoms with Crippen LogP contribution in [0.2, 0.25) is 36.3 Å². The van der Waals surface area contributed by atoms with E-state index in [-0.39, 0.29) is 22.3 Å². The topological polar surface area (TPSA) is 36.9 Å². The van der Waals surface area contributed by atoms with Crippen molar-refractivity contribution in [3.05, 3.63) is 0 Å². The maximum absolute atomic E-state index is 7.15. The van der Waals surface area contributed by atoms with Crippen molar-refractivity contribution in [2.24, 2.45) is 5.92 Å². The van der Waals surface area contributed by atoms with E-state index in [0.29, 0.717) is 5.92 Å². The number of unbranched alkanes of at least 4 members (excludes halogenated alkanes) is 1. The Morgan fingerprint density at radius 2 is 1.56 bits per heavy atom. The first-order valence-electron chi connectivity index (χ1n) is 14.5. The molecule has 2 fully saturated rings. The van der Waals surface area contributed by atoms with Gasteiger partial charge in [-0.3, -0.25) is 0 Å². The van der Waals surface area contributed by atoms with E-state index in [1.54, 1.807) is 0 Å². The third-order valence-electron chi connectivity index (χ3n) is 9.76. The van der Waals surface area contributed by atoms with E-state index in [1.165, 1.54) is 0 Å². The van der Waals surface area contributed by atoms with Crippen LogP contribution in [-0.2, 0) is 18.3 Å². The number of hydrogen-bond acceptors (Lipinski definition) is 4. The Bertz CT molecular complexity index is 760. The molecule has 6 heteroatoms. The van der Waals surface area contributed by atoms with E-state index in [9.17, 15) is 0 Å². The van der Waals surface area contributed by atoms with Gasteiger partial charge in [0.25, 0.3) is 0 Å². The molecular weight excluding hydrogens is 480 g/mol. The van der Waals surface area contributed by atoms with E-state index >= 15 is 0 Å². The molecule has 36 heavy (non-hydrogen) atoms. The molecule has 5 atom stereocenters. The Morgan fingerprint density at radius 3 is 2.08 bits per heavy atom. The second kappa shape index (κ2) is 11.5. The van der Waals surface area contributed by atoms with Gasteiger partial charge in [0.1, 0.15) is 6.10 Å². The van der Waals surface area contributed by atoms with Crippen LogP contribution < -0.4 is 0 Å². The number of ether oxygens (including phenoxy) is 2. The Morgan fingerprint density at radius 1 is 0.944 bits per heavy atom. The molecule has 0 amide bonds. The lowest BCUT2D eigenvalue weighted by molar-refractivity contribution is -0.341. The summed E-state index contributed by atoms with van der Waals surface area (Å²) >= 11 is 0. The predicted molar refractivity (Wildman–Crippen MR) is 157 cm³/mol. The molecule has 2 aliphatic heterocycles. The Kier molecular flexibility index (Phi) is 10.3. The molecule has 2 saturated heterocycles. The molecule has 210 valence electrons. The zero-order valence-electron chi connectivity index (χ0n) is 25.8. The average molecular weight is 539 g/mol. The average Bonchev–Trinajstić information content (AvgIpc) is 2.74. The van der Waals surface area contributed by atoms with Crippen molar-refractivity contribution in [2.45, 2.75) is 167 Å². The van der Waals surface area contributed by atoms with Crippen LogP contribution in [0.5, 0.6) is 0 Å². The first-order valence-corrected chi connectivity index (χ1v) is 20.3. The molecule has 0 aromatic rings. The van der Waals surface area contributed by atoms with Gasteiger partial charge in [0.2, 0.25) is 0 Å². The number of rotatable bonds is 9. The molecule has 0 radical (unpaired) electrons. The van der Waals surface area contributed by atoms with E-state index in [4.69, 9.17) is 24.7 Å². The van der Waals surface area contributed by atoms with Crippen molar-refractivity contribution in [2.75, 3.05) is 6.61 Å². The highest BCUT2D eigenvalue weighted by Gasteiger charge is 2.56. The third kappa shape index (κ3) is 7.27. The number of hydrogen-bond donors (Lipinski definition) is 0. The standard InChI is InChI=1S/C30H58O4Si2/c1-14-16-19-29(34-36(12,13)28(7,8)9)21-22-30(33-26(29)15-2)20-17-24(3)25(32-30)18-23-31-35(10,11)27(4,5)6/h2,24-26H,14,16-23H2,1,3-13H3/t24-,25+,26-,29-,30-/m0/s1. The Balaban J connectivity index is 2.19. The summed E-state index contributed by atoms with van der Waals surface area (Å²) in [5, 5.41) is 0.332. The van der Waals surface area contributed by atoms with Gasteiger partial charge in [-0.25, -0.2) is 0 Å². The highest BCUT2D eigenvalue weighted by Crippen LogP contribution is 2.50. The minimum Gasteiger partial charge on any atom is -0.417 e. The second-order valence-corrected chi connectivity index (χ2v) is 24.2. The maximum atomic E-state index is 7.15.